The van der Waals surface area contributed by atoms with Crippen molar-refractivity contribution in [2.75, 3.05) is 0 Å². The van der Waals surface area contributed by atoms with E-state index in [9.17, 15) is 4.57 Å². The van der Waals surface area contributed by atoms with Crippen LogP contribution in [0.2, 0.25) is 10.0 Å². The number of hydrogen-bond acceptors (Lipinski definition) is 2. The van der Waals surface area contributed by atoms with Gasteiger partial charge in [0.1, 0.15) is 0 Å². The van der Waals surface area contributed by atoms with Gasteiger partial charge in [0.05, 0.1) is 10.0 Å². The van der Waals surface area contributed by atoms with E-state index in [1.54, 1.807) is 48.5 Å². The molecule has 86 valence electrons. The molecule has 0 aliphatic rings. The summed E-state index contributed by atoms with van der Waals surface area (Å²) in [5.41, 5.74) is 0. The van der Waals surface area contributed by atoms with Gasteiger partial charge >= 0.3 is 8.03 Å². The van der Waals surface area contributed by atoms with Crippen LogP contribution >= 0.6 is 31.2 Å². The topological polar surface area (TPSA) is 26.3 Å². The zero-order chi connectivity index (χ0) is 12.3. The Labute approximate surface area is 110 Å². The summed E-state index contributed by atoms with van der Waals surface area (Å²) >= 11 is 11.8. The van der Waals surface area contributed by atoms with E-state index in [0.29, 0.717) is 21.1 Å². The molecule has 17 heavy (non-hydrogen) atoms. The maximum atomic E-state index is 12.0. The van der Waals surface area contributed by atoms with Crippen LogP contribution in [0, 0.1) is 0 Å². The Morgan fingerprint density at radius 2 is 1.47 bits per heavy atom. The minimum absolute atomic E-state index is 0.384. The van der Waals surface area contributed by atoms with E-state index in [1.807, 2.05) is 0 Å². The molecule has 0 aromatic heterocycles. The van der Waals surface area contributed by atoms with E-state index < -0.39 is 8.03 Å². The minimum atomic E-state index is -2.06. The molecular weight excluding hydrogens is 278 g/mol. The third-order valence-electron chi connectivity index (χ3n) is 2.07. The fraction of sp³-hybridized carbons (Fsp3) is 0. The monoisotopic (exact) mass is 285 g/mol. The predicted molar refractivity (Wildman–Crippen MR) is 70.8 cm³/mol. The van der Waals surface area contributed by atoms with E-state index in [2.05, 4.69) is 0 Å². The minimum Gasteiger partial charge on any atom is -0.249 e. The molecule has 0 fully saturated rings. The van der Waals surface area contributed by atoms with E-state index in [4.69, 9.17) is 27.7 Å². The second-order valence-corrected chi connectivity index (χ2v) is 5.22. The van der Waals surface area contributed by atoms with Crippen molar-refractivity contribution in [1.29, 1.82) is 0 Å². The van der Waals surface area contributed by atoms with Crippen molar-refractivity contribution in [3.8, 4) is 5.75 Å². The molecule has 1 unspecified atom stereocenters. The van der Waals surface area contributed by atoms with Gasteiger partial charge in [-0.25, -0.2) is 4.52 Å². The summed E-state index contributed by atoms with van der Waals surface area (Å²) in [4.78, 5) is 0. The Morgan fingerprint density at radius 1 is 0.882 bits per heavy atom. The molecule has 0 N–H and O–H groups in total. The highest BCUT2D eigenvalue weighted by molar-refractivity contribution is 7.49. The highest BCUT2D eigenvalue weighted by Gasteiger charge is 2.27. The van der Waals surface area contributed by atoms with Gasteiger partial charge in [-0.15, -0.1) is 0 Å². The fourth-order valence-electron chi connectivity index (χ4n) is 1.26. The Kier molecular flexibility index (Phi) is 4.01. The normalized spacial score (nSPS) is 11.1. The molecule has 0 heterocycles. The van der Waals surface area contributed by atoms with Crippen LogP contribution in [-0.2, 0) is 4.57 Å². The molecule has 0 saturated heterocycles. The second-order valence-electron chi connectivity index (χ2n) is 3.23. The summed E-state index contributed by atoms with van der Waals surface area (Å²) in [7, 11) is -2.06. The summed E-state index contributed by atoms with van der Waals surface area (Å²) in [5, 5.41) is 1.30. The van der Waals surface area contributed by atoms with Crippen LogP contribution in [0.25, 0.3) is 0 Å². The quantitative estimate of drug-likeness (QED) is 0.780. The van der Waals surface area contributed by atoms with Gasteiger partial charge in [-0.05, 0) is 28.8 Å². The molecule has 0 bridgehead atoms. The van der Waals surface area contributed by atoms with Crippen molar-refractivity contribution in [3.63, 3.8) is 0 Å². The molecule has 2 nitrogen and oxygen atoms in total. The summed E-state index contributed by atoms with van der Waals surface area (Å²) in [5.74, 6) is 0.384. The Hall–Kier alpha value is -1.08. The van der Waals surface area contributed by atoms with Gasteiger partial charge in [0.25, 0.3) is 5.30 Å². The van der Waals surface area contributed by atoms with Crippen molar-refractivity contribution in [1.82, 2.24) is 0 Å². The number of benzene rings is 2. The fourth-order valence-corrected chi connectivity index (χ4v) is 2.72. The second kappa shape index (κ2) is 5.50. The largest absolute Gasteiger partial charge is 0.598 e. The van der Waals surface area contributed by atoms with Gasteiger partial charge < -0.3 is 0 Å². The summed E-state index contributed by atoms with van der Waals surface area (Å²) < 4.78 is 17.3. The van der Waals surface area contributed by atoms with Crippen molar-refractivity contribution < 1.29 is 9.09 Å². The molecule has 0 spiro atoms. The SMILES string of the molecule is O=[P+](Oc1ccccc1Cl)c1ccccc1Cl. The van der Waals surface area contributed by atoms with E-state index in [-0.39, 0.29) is 0 Å². The molecule has 0 aliphatic heterocycles. The zero-order valence-corrected chi connectivity index (χ0v) is 11.0. The van der Waals surface area contributed by atoms with E-state index >= 15 is 0 Å². The molecule has 0 amide bonds. The maximum absolute atomic E-state index is 12.0. The first-order chi connectivity index (χ1) is 8.18. The van der Waals surface area contributed by atoms with Crippen LogP contribution in [0.4, 0.5) is 0 Å². The molecule has 0 aliphatic carbocycles. The Balaban J connectivity index is 2.24. The molecule has 1 atom stereocenters. The maximum Gasteiger partial charge on any atom is 0.598 e. The predicted octanol–water partition coefficient (Wildman–Crippen LogP) is 4.44. The average Bonchev–Trinajstić information content (AvgIpc) is 2.32. The molecule has 2 aromatic carbocycles. The van der Waals surface area contributed by atoms with Gasteiger partial charge in [0.15, 0.2) is 0 Å². The molecule has 2 aromatic rings. The van der Waals surface area contributed by atoms with Crippen molar-refractivity contribution >= 4 is 36.5 Å². The van der Waals surface area contributed by atoms with Crippen LogP contribution < -0.4 is 9.83 Å². The highest BCUT2D eigenvalue weighted by Crippen LogP contribution is 2.33. The molecule has 0 radical (unpaired) electrons. The van der Waals surface area contributed by atoms with Gasteiger partial charge in [-0.3, -0.25) is 0 Å². The zero-order valence-electron chi connectivity index (χ0n) is 8.64. The molecule has 2 rings (SSSR count). The molecular formula is C12H8Cl2O2P+. The smallest absolute Gasteiger partial charge is 0.249 e. The highest BCUT2D eigenvalue weighted by atomic mass is 35.5. The number of para-hydroxylation sites is 1. The first kappa shape index (κ1) is 12.4. The average molecular weight is 286 g/mol. The lowest BCUT2D eigenvalue weighted by molar-refractivity contribution is 0.514. The van der Waals surface area contributed by atoms with Gasteiger partial charge in [0, 0.05) is 0 Å². The number of hydrogen-bond donors (Lipinski definition) is 0. The van der Waals surface area contributed by atoms with Crippen molar-refractivity contribution in [2.45, 2.75) is 0 Å². The Morgan fingerprint density at radius 3 is 2.12 bits per heavy atom. The lowest BCUT2D eigenvalue weighted by Crippen LogP contribution is -2.01. The van der Waals surface area contributed by atoms with Gasteiger partial charge in [0.2, 0.25) is 5.75 Å². The molecule has 0 saturated carbocycles. The lowest BCUT2D eigenvalue weighted by Gasteiger charge is -1.96. The third kappa shape index (κ3) is 2.98. The van der Waals surface area contributed by atoms with Gasteiger partial charge in [-0.1, -0.05) is 47.5 Å². The third-order valence-corrected chi connectivity index (χ3v) is 3.99. The van der Waals surface area contributed by atoms with Crippen LogP contribution in [0.5, 0.6) is 5.75 Å². The first-order valence-electron chi connectivity index (χ1n) is 4.83. The molecule has 5 heteroatoms. The summed E-state index contributed by atoms with van der Waals surface area (Å²) in [6.45, 7) is 0. The van der Waals surface area contributed by atoms with Crippen LogP contribution in [-0.4, -0.2) is 0 Å². The number of rotatable bonds is 3. The Bertz CT molecular complexity index is 558. The first-order valence-corrected chi connectivity index (χ1v) is 6.76. The number of halogens is 2. The van der Waals surface area contributed by atoms with Gasteiger partial charge in [-0.2, -0.15) is 0 Å². The van der Waals surface area contributed by atoms with E-state index in [1.165, 1.54) is 0 Å². The van der Waals surface area contributed by atoms with Crippen molar-refractivity contribution in [3.05, 3.63) is 58.6 Å². The summed E-state index contributed by atoms with van der Waals surface area (Å²) in [6.07, 6.45) is 0. The van der Waals surface area contributed by atoms with Crippen LogP contribution in [0.3, 0.4) is 0 Å². The standard InChI is InChI=1S/C12H8Cl2O2P/c13-9-5-1-3-7-11(9)16-17(15)12-8-4-2-6-10(12)14/h1-8H/q+1. The van der Waals surface area contributed by atoms with Crippen LogP contribution in [0.15, 0.2) is 48.5 Å². The van der Waals surface area contributed by atoms with Crippen LogP contribution in [0.1, 0.15) is 0 Å². The summed E-state index contributed by atoms with van der Waals surface area (Å²) in [6, 6.07) is 13.7. The van der Waals surface area contributed by atoms with Crippen molar-refractivity contribution in [2.24, 2.45) is 0 Å². The van der Waals surface area contributed by atoms with E-state index in [0.717, 1.165) is 0 Å². The lowest BCUT2D eigenvalue weighted by atomic mass is 10.3.